The largest absolute Gasteiger partial charge is 0.355 e. The van der Waals surface area contributed by atoms with Gasteiger partial charge in [-0.2, -0.15) is 0 Å². The number of nitrogens with zero attached hydrogens (tertiary/aromatic N) is 1. The van der Waals surface area contributed by atoms with Crippen LogP contribution in [0.4, 0.5) is 5.69 Å². The van der Waals surface area contributed by atoms with Crippen LogP contribution >= 0.6 is 11.8 Å². The molecule has 2 amide bonds. The third kappa shape index (κ3) is 4.58. The molecule has 0 saturated carbocycles. The predicted octanol–water partition coefficient (Wildman–Crippen LogP) is 4.46. The molecule has 0 radical (unpaired) electrons. The number of hydrogen-bond donors (Lipinski definition) is 2. The summed E-state index contributed by atoms with van der Waals surface area (Å²) in [5.74, 6) is -0.412. The molecule has 2 aromatic carbocycles. The summed E-state index contributed by atoms with van der Waals surface area (Å²) in [7, 11) is 1.58. The lowest BCUT2D eigenvalue weighted by atomic mass is 10.2. The molecule has 0 aliphatic rings. The zero-order chi connectivity index (χ0) is 20.1. The minimum atomic E-state index is -0.243. The van der Waals surface area contributed by atoms with Gasteiger partial charge >= 0.3 is 0 Å². The molecule has 1 aromatic heterocycles. The second-order valence-electron chi connectivity index (χ2n) is 6.34. The highest BCUT2D eigenvalue weighted by Gasteiger charge is 2.15. The van der Waals surface area contributed by atoms with Gasteiger partial charge in [0.2, 0.25) is 0 Å². The lowest BCUT2D eigenvalue weighted by molar-refractivity contribution is 0.0962. The summed E-state index contributed by atoms with van der Waals surface area (Å²) in [6.07, 6.45) is 1.68. The van der Waals surface area contributed by atoms with Crippen LogP contribution in [0.5, 0.6) is 0 Å². The number of carbonyl (C=O) groups excluding carboxylic acids is 2. The van der Waals surface area contributed by atoms with Crippen LogP contribution in [0.3, 0.4) is 0 Å². The predicted molar refractivity (Wildman–Crippen MR) is 112 cm³/mol. The van der Waals surface area contributed by atoms with Gasteiger partial charge in [-0.15, -0.1) is 0 Å². The van der Waals surface area contributed by atoms with Crippen molar-refractivity contribution in [2.75, 3.05) is 12.4 Å². The van der Waals surface area contributed by atoms with Gasteiger partial charge in [-0.1, -0.05) is 29.5 Å². The molecular weight excluding hydrogens is 370 g/mol. The molecule has 0 spiro atoms. The van der Waals surface area contributed by atoms with E-state index in [1.165, 1.54) is 17.3 Å². The average Bonchev–Trinajstić information content (AvgIpc) is 2.70. The van der Waals surface area contributed by atoms with E-state index in [9.17, 15) is 9.59 Å². The maximum absolute atomic E-state index is 12.8. The number of hydrogen-bond acceptors (Lipinski definition) is 4. The van der Waals surface area contributed by atoms with Crippen LogP contribution in [0.1, 0.15) is 31.8 Å². The van der Waals surface area contributed by atoms with E-state index in [1.54, 1.807) is 49.6 Å². The van der Waals surface area contributed by atoms with Crippen molar-refractivity contribution in [2.24, 2.45) is 0 Å². The quantitative estimate of drug-likeness (QED) is 0.674. The van der Waals surface area contributed by atoms with Crippen LogP contribution in [0, 0.1) is 13.8 Å². The van der Waals surface area contributed by atoms with Crippen molar-refractivity contribution in [1.82, 2.24) is 10.3 Å². The fourth-order valence-electron chi connectivity index (χ4n) is 2.71. The summed E-state index contributed by atoms with van der Waals surface area (Å²) in [5.41, 5.74) is 3.99. The summed E-state index contributed by atoms with van der Waals surface area (Å²) >= 11 is 1.47. The van der Waals surface area contributed by atoms with E-state index in [-0.39, 0.29) is 11.8 Å². The number of benzene rings is 2. The van der Waals surface area contributed by atoms with Gasteiger partial charge in [-0.05, 0) is 61.9 Å². The smallest absolute Gasteiger partial charge is 0.258 e. The standard InChI is InChI=1S/C22H21N3O2S/c1-14-6-11-19(15(2)13-14)28-22-18(5-4-12-24-22)21(27)25-17-9-7-16(8-10-17)20(26)23-3/h4-13H,1-3H3,(H,23,26)(H,25,27). The Labute approximate surface area is 168 Å². The maximum atomic E-state index is 12.8. The van der Waals surface area contributed by atoms with Crippen molar-refractivity contribution >= 4 is 29.3 Å². The molecular formula is C22H21N3O2S. The lowest BCUT2D eigenvalue weighted by Gasteiger charge is -2.11. The fourth-order valence-corrected chi connectivity index (χ4v) is 3.66. The summed E-state index contributed by atoms with van der Waals surface area (Å²) < 4.78 is 0. The van der Waals surface area contributed by atoms with Gasteiger partial charge in [0.15, 0.2) is 0 Å². The highest BCUT2D eigenvalue weighted by molar-refractivity contribution is 7.99. The Hall–Kier alpha value is -3.12. The molecule has 0 unspecified atom stereocenters. The van der Waals surface area contributed by atoms with Crippen molar-refractivity contribution in [3.63, 3.8) is 0 Å². The van der Waals surface area contributed by atoms with Crippen LogP contribution in [0.15, 0.2) is 70.7 Å². The molecule has 0 aliphatic heterocycles. The molecule has 3 aromatic rings. The van der Waals surface area contributed by atoms with Crippen LogP contribution in [-0.4, -0.2) is 23.8 Å². The average molecular weight is 391 g/mol. The van der Waals surface area contributed by atoms with E-state index in [4.69, 9.17) is 0 Å². The first kappa shape index (κ1) is 19.6. The molecule has 0 atom stereocenters. The third-order valence-corrected chi connectivity index (χ3v) is 5.38. The van der Waals surface area contributed by atoms with E-state index in [1.807, 2.05) is 19.1 Å². The number of pyridine rings is 1. The summed E-state index contributed by atoms with van der Waals surface area (Å²) in [6, 6.07) is 16.5. The van der Waals surface area contributed by atoms with Crippen molar-refractivity contribution in [2.45, 2.75) is 23.8 Å². The number of amides is 2. The normalized spacial score (nSPS) is 10.4. The molecule has 1 heterocycles. The van der Waals surface area contributed by atoms with Crippen LogP contribution < -0.4 is 10.6 Å². The number of rotatable bonds is 5. The lowest BCUT2D eigenvalue weighted by Crippen LogP contribution is -2.18. The number of anilines is 1. The Kier molecular flexibility index (Phi) is 6.11. The van der Waals surface area contributed by atoms with Crippen molar-refractivity contribution < 1.29 is 9.59 Å². The highest BCUT2D eigenvalue weighted by Crippen LogP contribution is 2.31. The minimum Gasteiger partial charge on any atom is -0.355 e. The summed E-state index contributed by atoms with van der Waals surface area (Å²) in [6.45, 7) is 4.10. The highest BCUT2D eigenvalue weighted by atomic mass is 32.2. The van der Waals surface area contributed by atoms with Crippen LogP contribution in [-0.2, 0) is 0 Å². The number of aromatic nitrogens is 1. The summed E-state index contributed by atoms with van der Waals surface area (Å²) in [5, 5.41) is 6.08. The number of aryl methyl sites for hydroxylation is 2. The van der Waals surface area contributed by atoms with E-state index in [2.05, 4.69) is 28.6 Å². The zero-order valence-corrected chi connectivity index (χ0v) is 16.8. The first-order valence-electron chi connectivity index (χ1n) is 8.81. The third-order valence-electron chi connectivity index (χ3n) is 4.18. The maximum Gasteiger partial charge on any atom is 0.258 e. The van der Waals surface area contributed by atoms with Crippen molar-refractivity contribution in [3.05, 3.63) is 83.0 Å². The zero-order valence-electron chi connectivity index (χ0n) is 15.9. The van der Waals surface area contributed by atoms with Crippen molar-refractivity contribution in [3.8, 4) is 0 Å². The Morgan fingerprint density at radius 2 is 1.71 bits per heavy atom. The van der Waals surface area contributed by atoms with Gasteiger partial charge < -0.3 is 10.6 Å². The first-order chi connectivity index (χ1) is 13.5. The molecule has 6 heteroatoms. The second-order valence-corrected chi connectivity index (χ2v) is 7.37. The van der Waals surface area contributed by atoms with Gasteiger partial charge in [0.05, 0.1) is 5.56 Å². The SMILES string of the molecule is CNC(=O)c1ccc(NC(=O)c2cccnc2Sc2ccc(C)cc2C)cc1. The monoisotopic (exact) mass is 391 g/mol. The van der Waals surface area contributed by atoms with E-state index in [0.29, 0.717) is 21.8 Å². The Balaban J connectivity index is 1.80. The molecule has 28 heavy (non-hydrogen) atoms. The van der Waals surface area contributed by atoms with E-state index < -0.39 is 0 Å². The van der Waals surface area contributed by atoms with E-state index >= 15 is 0 Å². The topological polar surface area (TPSA) is 71.1 Å². The second kappa shape index (κ2) is 8.71. The molecule has 0 bridgehead atoms. The molecule has 0 aliphatic carbocycles. The summed E-state index contributed by atoms with van der Waals surface area (Å²) in [4.78, 5) is 29.9. The Morgan fingerprint density at radius 3 is 2.39 bits per heavy atom. The van der Waals surface area contributed by atoms with E-state index in [0.717, 1.165) is 10.5 Å². The molecule has 0 fully saturated rings. The van der Waals surface area contributed by atoms with Gasteiger partial charge in [-0.25, -0.2) is 4.98 Å². The minimum absolute atomic E-state index is 0.169. The molecule has 5 nitrogen and oxygen atoms in total. The van der Waals surface area contributed by atoms with Gasteiger partial charge in [0, 0.05) is 29.4 Å². The fraction of sp³-hybridized carbons (Fsp3) is 0.136. The number of nitrogens with one attached hydrogen (secondary N) is 2. The Bertz CT molecular complexity index is 1020. The number of carbonyl (C=O) groups is 2. The molecule has 2 N–H and O–H groups in total. The van der Waals surface area contributed by atoms with Gasteiger partial charge in [0.1, 0.15) is 5.03 Å². The molecule has 0 saturated heterocycles. The van der Waals surface area contributed by atoms with Crippen LogP contribution in [0.2, 0.25) is 0 Å². The first-order valence-corrected chi connectivity index (χ1v) is 9.63. The van der Waals surface area contributed by atoms with Gasteiger partial charge in [0.25, 0.3) is 11.8 Å². The van der Waals surface area contributed by atoms with Crippen molar-refractivity contribution in [1.29, 1.82) is 0 Å². The molecule has 142 valence electrons. The Morgan fingerprint density at radius 1 is 0.964 bits per heavy atom. The molecule has 3 rings (SSSR count). The van der Waals surface area contributed by atoms with Gasteiger partial charge in [-0.3, -0.25) is 9.59 Å². The van der Waals surface area contributed by atoms with Crippen LogP contribution in [0.25, 0.3) is 0 Å².